The zero-order valence-electron chi connectivity index (χ0n) is 9.17. The molecule has 0 atom stereocenters. The van der Waals surface area contributed by atoms with Crippen molar-refractivity contribution in [2.45, 2.75) is 12.7 Å². The summed E-state index contributed by atoms with van der Waals surface area (Å²) in [7, 11) is 0. The van der Waals surface area contributed by atoms with Crippen molar-refractivity contribution in [2.75, 3.05) is 19.6 Å². The van der Waals surface area contributed by atoms with Crippen LogP contribution in [0.3, 0.4) is 0 Å². The van der Waals surface area contributed by atoms with Gasteiger partial charge in [-0.2, -0.15) is 13.2 Å². The number of alkyl halides is 3. The van der Waals surface area contributed by atoms with Crippen LogP contribution in [-0.2, 0) is 6.54 Å². The van der Waals surface area contributed by atoms with Crippen molar-refractivity contribution in [1.29, 1.82) is 0 Å². The number of rotatable bonds is 5. The number of benzene rings is 1. The molecule has 96 valence electrons. The fourth-order valence-corrected chi connectivity index (χ4v) is 1.54. The third-order valence-corrected chi connectivity index (χ3v) is 2.14. The second-order valence-electron chi connectivity index (χ2n) is 3.74. The number of hydrogen-bond donors (Lipinski definition) is 1. The monoisotopic (exact) mass is 250 g/mol. The second kappa shape index (κ2) is 5.97. The topological polar surface area (TPSA) is 29.3 Å². The van der Waals surface area contributed by atoms with E-state index in [-0.39, 0.29) is 19.6 Å². The molecule has 0 saturated carbocycles. The minimum atomic E-state index is -4.28. The Labute approximate surface area is 97.0 Å². The number of hydrogen-bond acceptors (Lipinski definition) is 2. The molecule has 0 radical (unpaired) electrons. The lowest BCUT2D eigenvalue weighted by Crippen LogP contribution is -2.37. The van der Waals surface area contributed by atoms with Crippen molar-refractivity contribution in [3.8, 4) is 0 Å². The average Bonchev–Trinajstić information content (AvgIpc) is 2.15. The molecule has 0 saturated heterocycles. The van der Waals surface area contributed by atoms with Gasteiger partial charge in [-0.1, -0.05) is 12.1 Å². The lowest BCUT2D eigenvalue weighted by molar-refractivity contribution is -0.146. The van der Waals surface area contributed by atoms with E-state index in [0.29, 0.717) is 5.56 Å². The first-order valence-electron chi connectivity index (χ1n) is 5.14. The van der Waals surface area contributed by atoms with Crippen LogP contribution in [0.2, 0.25) is 0 Å². The van der Waals surface area contributed by atoms with Gasteiger partial charge < -0.3 is 5.73 Å². The van der Waals surface area contributed by atoms with E-state index >= 15 is 0 Å². The molecular weight excluding hydrogens is 236 g/mol. The van der Waals surface area contributed by atoms with Gasteiger partial charge in [0.25, 0.3) is 0 Å². The van der Waals surface area contributed by atoms with Gasteiger partial charge in [-0.25, -0.2) is 4.39 Å². The molecule has 17 heavy (non-hydrogen) atoms. The molecule has 0 spiro atoms. The van der Waals surface area contributed by atoms with E-state index < -0.39 is 18.5 Å². The fraction of sp³-hybridized carbons (Fsp3) is 0.455. The Bertz CT molecular complexity index is 352. The van der Waals surface area contributed by atoms with Crippen LogP contribution in [0.4, 0.5) is 17.6 Å². The van der Waals surface area contributed by atoms with Crippen LogP contribution in [0, 0.1) is 5.82 Å². The minimum Gasteiger partial charge on any atom is -0.329 e. The van der Waals surface area contributed by atoms with E-state index in [1.165, 1.54) is 18.2 Å². The first-order chi connectivity index (χ1) is 7.90. The Kier molecular flexibility index (Phi) is 4.89. The van der Waals surface area contributed by atoms with Crippen LogP contribution in [0.1, 0.15) is 5.56 Å². The third kappa shape index (κ3) is 5.65. The van der Waals surface area contributed by atoms with Gasteiger partial charge in [0, 0.05) is 19.6 Å². The SMILES string of the molecule is NCCN(Cc1cccc(F)c1)CC(F)(F)F. The van der Waals surface area contributed by atoms with E-state index in [2.05, 4.69) is 0 Å². The molecule has 0 aromatic heterocycles. The summed E-state index contributed by atoms with van der Waals surface area (Å²) in [5, 5.41) is 0. The normalized spacial score (nSPS) is 12.1. The molecule has 0 amide bonds. The van der Waals surface area contributed by atoms with Gasteiger partial charge in [-0.15, -0.1) is 0 Å². The third-order valence-electron chi connectivity index (χ3n) is 2.14. The maximum atomic E-state index is 12.9. The highest BCUT2D eigenvalue weighted by Crippen LogP contribution is 2.18. The highest BCUT2D eigenvalue weighted by atomic mass is 19.4. The smallest absolute Gasteiger partial charge is 0.329 e. The summed E-state index contributed by atoms with van der Waals surface area (Å²) in [5.41, 5.74) is 5.75. The largest absolute Gasteiger partial charge is 0.401 e. The second-order valence-corrected chi connectivity index (χ2v) is 3.74. The summed E-state index contributed by atoms with van der Waals surface area (Å²) < 4.78 is 49.6. The van der Waals surface area contributed by atoms with Crippen LogP contribution < -0.4 is 5.73 Å². The van der Waals surface area contributed by atoms with Gasteiger partial charge in [-0.3, -0.25) is 4.90 Å². The highest BCUT2D eigenvalue weighted by molar-refractivity contribution is 5.16. The number of halogens is 4. The molecule has 1 rings (SSSR count). The first-order valence-corrected chi connectivity index (χ1v) is 5.14. The molecule has 0 unspecified atom stereocenters. The number of nitrogens with zero attached hydrogens (tertiary/aromatic N) is 1. The van der Waals surface area contributed by atoms with Crippen molar-refractivity contribution >= 4 is 0 Å². The lowest BCUT2D eigenvalue weighted by atomic mass is 10.2. The average molecular weight is 250 g/mol. The van der Waals surface area contributed by atoms with Crippen LogP contribution in [-0.4, -0.2) is 30.7 Å². The van der Waals surface area contributed by atoms with Gasteiger partial charge in [0.05, 0.1) is 6.54 Å². The molecule has 0 bridgehead atoms. The summed E-state index contributed by atoms with van der Waals surface area (Å²) in [4.78, 5) is 1.15. The van der Waals surface area contributed by atoms with Gasteiger partial charge in [0.1, 0.15) is 5.82 Å². The summed E-state index contributed by atoms with van der Waals surface area (Å²) >= 11 is 0. The van der Waals surface area contributed by atoms with Crippen LogP contribution in [0.25, 0.3) is 0 Å². The van der Waals surface area contributed by atoms with Gasteiger partial charge in [0.15, 0.2) is 0 Å². The summed E-state index contributed by atoms with van der Waals surface area (Å²) in [6, 6.07) is 5.53. The Hall–Kier alpha value is -1.14. The Morgan fingerprint density at radius 2 is 1.94 bits per heavy atom. The molecule has 2 nitrogen and oxygen atoms in total. The minimum absolute atomic E-state index is 0.0362. The van der Waals surface area contributed by atoms with Crippen LogP contribution in [0.5, 0.6) is 0 Å². The molecular formula is C11H14F4N2. The summed E-state index contributed by atoms with van der Waals surface area (Å²) in [6.07, 6.45) is -4.28. The predicted molar refractivity (Wildman–Crippen MR) is 56.8 cm³/mol. The molecule has 1 aromatic rings. The Morgan fingerprint density at radius 3 is 2.47 bits per heavy atom. The van der Waals surface area contributed by atoms with E-state index in [1.54, 1.807) is 6.07 Å². The molecule has 0 aliphatic carbocycles. The molecule has 0 aliphatic heterocycles. The summed E-state index contributed by atoms with van der Waals surface area (Å²) in [6.45, 7) is -0.753. The van der Waals surface area contributed by atoms with Crippen molar-refractivity contribution < 1.29 is 17.6 Å². The van der Waals surface area contributed by atoms with Crippen molar-refractivity contribution in [3.05, 3.63) is 35.6 Å². The predicted octanol–water partition coefficient (Wildman–Crippen LogP) is 2.15. The quantitative estimate of drug-likeness (QED) is 0.811. The first kappa shape index (κ1) is 13.9. The van der Waals surface area contributed by atoms with Crippen LogP contribution >= 0.6 is 0 Å². The Morgan fingerprint density at radius 1 is 1.24 bits per heavy atom. The maximum absolute atomic E-state index is 12.9. The van der Waals surface area contributed by atoms with Gasteiger partial charge >= 0.3 is 6.18 Å². The Balaban J connectivity index is 2.66. The standard InChI is InChI=1S/C11H14F4N2/c12-10-3-1-2-9(6-10)7-17(5-4-16)8-11(13,14)15/h1-3,6H,4-5,7-8,16H2. The fourth-order valence-electron chi connectivity index (χ4n) is 1.54. The molecule has 1 aromatic carbocycles. The molecule has 2 N–H and O–H groups in total. The van der Waals surface area contributed by atoms with Gasteiger partial charge in [0.2, 0.25) is 0 Å². The molecule has 0 aliphatic rings. The van der Waals surface area contributed by atoms with E-state index in [9.17, 15) is 17.6 Å². The zero-order valence-corrected chi connectivity index (χ0v) is 9.17. The molecule has 0 heterocycles. The van der Waals surface area contributed by atoms with Crippen LogP contribution in [0.15, 0.2) is 24.3 Å². The van der Waals surface area contributed by atoms with E-state index in [1.807, 2.05) is 0 Å². The highest BCUT2D eigenvalue weighted by Gasteiger charge is 2.30. The zero-order chi connectivity index (χ0) is 12.9. The molecule has 6 heteroatoms. The molecule has 0 fully saturated rings. The van der Waals surface area contributed by atoms with Crippen molar-refractivity contribution in [3.63, 3.8) is 0 Å². The number of nitrogens with two attached hydrogens (primary N) is 1. The van der Waals surface area contributed by atoms with Crippen molar-refractivity contribution in [2.24, 2.45) is 5.73 Å². The van der Waals surface area contributed by atoms with Gasteiger partial charge in [-0.05, 0) is 17.7 Å². The summed E-state index contributed by atoms with van der Waals surface area (Å²) in [5.74, 6) is -0.456. The van der Waals surface area contributed by atoms with E-state index in [4.69, 9.17) is 5.73 Å². The van der Waals surface area contributed by atoms with E-state index in [0.717, 1.165) is 4.90 Å². The lowest BCUT2D eigenvalue weighted by Gasteiger charge is -2.22. The van der Waals surface area contributed by atoms with Crippen molar-refractivity contribution in [1.82, 2.24) is 4.90 Å². The maximum Gasteiger partial charge on any atom is 0.401 e.